The maximum absolute atomic E-state index is 13.8. The summed E-state index contributed by atoms with van der Waals surface area (Å²) in [5.74, 6) is 0.614. The topological polar surface area (TPSA) is 113 Å². The molecule has 3 fully saturated rings. The van der Waals surface area contributed by atoms with E-state index in [0.717, 1.165) is 41.9 Å². The summed E-state index contributed by atoms with van der Waals surface area (Å²) in [7, 11) is 0. The van der Waals surface area contributed by atoms with Gasteiger partial charge in [-0.15, -0.1) is 0 Å². The highest BCUT2D eigenvalue weighted by molar-refractivity contribution is 8.14. The van der Waals surface area contributed by atoms with Crippen LogP contribution in [0.1, 0.15) is 134 Å². The van der Waals surface area contributed by atoms with Crippen LogP contribution in [-0.2, 0) is 19.8 Å². The quantitative estimate of drug-likeness (QED) is 0.193. The van der Waals surface area contributed by atoms with Crippen molar-refractivity contribution in [2.24, 2.45) is 33.8 Å². The van der Waals surface area contributed by atoms with Crippen molar-refractivity contribution in [3.63, 3.8) is 0 Å². The number of carbonyl (C=O) groups excluding carboxylic acids is 4. The van der Waals surface area contributed by atoms with Gasteiger partial charge in [0.05, 0.1) is 5.25 Å². The molecular weight excluding hydrogens is 635 g/mol. The van der Waals surface area contributed by atoms with Crippen molar-refractivity contribution >= 4 is 34.7 Å². The lowest BCUT2D eigenvalue weighted by Crippen LogP contribution is -2.61. The fourth-order valence-corrected chi connectivity index (χ4v) is 11.2. The Bertz CT molecular complexity index is 1700. The smallest absolute Gasteiger partial charge is 0.308 e. The SMILES string of the molecule is CC(=O)Oc1cc2c(c(C)c1OC(C)=O)C(SC(=O)c1ccccc1)C=C1[C@@]2(C)CC[C@@]2(C)[C@@H]3C[C@@H](C)CC[C@]3(C)CC[C@]12C.CC(N)=O.[HH]. The molecule has 2 aromatic carbocycles. The normalized spacial score (nSPS) is 32.8. The Labute approximate surface area is 297 Å². The molecule has 0 spiro atoms. The predicted molar refractivity (Wildman–Crippen MR) is 197 cm³/mol. The summed E-state index contributed by atoms with van der Waals surface area (Å²) in [5, 5.41) is -0.278. The van der Waals surface area contributed by atoms with E-state index in [2.05, 4.69) is 46.4 Å². The summed E-state index contributed by atoms with van der Waals surface area (Å²) in [5.41, 5.74) is 9.47. The molecule has 0 aromatic heterocycles. The Balaban J connectivity index is 0.00000107. The van der Waals surface area contributed by atoms with Crippen LogP contribution in [0.5, 0.6) is 11.5 Å². The van der Waals surface area contributed by atoms with Gasteiger partial charge in [0, 0.05) is 38.7 Å². The summed E-state index contributed by atoms with van der Waals surface area (Å²) in [6, 6.07) is 11.4. The zero-order valence-electron chi connectivity index (χ0n) is 30.7. The molecule has 2 N–H and O–H groups in total. The molecule has 0 radical (unpaired) electrons. The third-order valence-electron chi connectivity index (χ3n) is 12.7. The van der Waals surface area contributed by atoms with Gasteiger partial charge in [-0.2, -0.15) is 0 Å². The van der Waals surface area contributed by atoms with Gasteiger partial charge < -0.3 is 15.2 Å². The van der Waals surface area contributed by atoms with Gasteiger partial charge in [0.1, 0.15) is 0 Å². The Morgan fingerprint density at radius 2 is 1.53 bits per heavy atom. The number of ether oxygens (including phenoxy) is 2. The van der Waals surface area contributed by atoms with E-state index in [9.17, 15) is 19.2 Å². The highest BCUT2D eigenvalue weighted by Gasteiger charge is 2.66. The zero-order valence-corrected chi connectivity index (χ0v) is 31.5. The second kappa shape index (κ2) is 13.4. The van der Waals surface area contributed by atoms with Gasteiger partial charge in [-0.1, -0.05) is 94.8 Å². The van der Waals surface area contributed by atoms with Gasteiger partial charge in [-0.25, -0.2) is 0 Å². The molecular formula is C41H55NO6S. The second-order valence-electron chi connectivity index (χ2n) is 16.0. The summed E-state index contributed by atoms with van der Waals surface area (Å²) >= 11 is 1.33. The maximum Gasteiger partial charge on any atom is 0.308 e. The van der Waals surface area contributed by atoms with Crippen molar-refractivity contribution in [1.82, 2.24) is 0 Å². The Morgan fingerprint density at radius 1 is 0.898 bits per heavy atom. The number of carbonyl (C=O) groups is 4. The molecule has 0 bridgehead atoms. The average molecular weight is 690 g/mol. The number of nitrogens with two attached hydrogens (primary N) is 1. The van der Waals surface area contributed by atoms with Crippen LogP contribution in [0.3, 0.4) is 0 Å². The number of rotatable bonds is 4. The number of primary amides is 1. The number of hydrogen-bond acceptors (Lipinski definition) is 7. The second-order valence-corrected chi connectivity index (χ2v) is 17.1. The van der Waals surface area contributed by atoms with E-state index in [-0.39, 0.29) is 45.4 Å². The molecule has 49 heavy (non-hydrogen) atoms. The van der Waals surface area contributed by atoms with Crippen LogP contribution < -0.4 is 15.2 Å². The fourth-order valence-electron chi connectivity index (χ4n) is 10.1. The van der Waals surface area contributed by atoms with E-state index in [1.165, 1.54) is 63.8 Å². The number of allylic oxidation sites excluding steroid dienone is 1. The first kappa shape index (κ1) is 36.9. The van der Waals surface area contributed by atoms with Crippen molar-refractivity contribution in [3.05, 3.63) is 70.3 Å². The van der Waals surface area contributed by atoms with Gasteiger partial charge in [0.2, 0.25) is 11.0 Å². The summed E-state index contributed by atoms with van der Waals surface area (Å²) in [4.78, 5) is 47.6. The summed E-state index contributed by atoms with van der Waals surface area (Å²) in [6.07, 6.45) is 10.7. The summed E-state index contributed by atoms with van der Waals surface area (Å²) < 4.78 is 11.5. The minimum absolute atomic E-state index is 0. The van der Waals surface area contributed by atoms with Gasteiger partial charge in [0.15, 0.2) is 11.5 Å². The lowest BCUT2D eigenvalue weighted by atomic mass is 9.35. The van der Waals surface area contributed by atoms with E-state index < -0.39 is 11.9 Å². The molecule has 1 unspecified atom stereocenters. The number of benzene rings is 2. The van der Waals surface area contributed by atoms with Gasteiger partial charge in [0.25, 0.3) is 0 Å². The average Bonchev–Trinajstić information content (AvgIpc) is 3.02. The molecule has 4 aliphatic rings. The molecule has 8 heteroatoms. The maximum atomic E-state index is 13.8. The van der Waals surface area contributed by atoms with Crippen LogP contribution in [0.2, 0.25) is 0 Å². The first-order chi connectivity index (χ1) is 22.9. The van der Waals surface area contributed by atoms with E-state index in [0.29, 0.717) is 16.9 Å². The predicted octanol–water partition coefficient (Wildman–Crippen LogP) is 9.44. The third kappa shape index (κ3) is 6.50. The van der Waals surface area contributed by atoms with Crippen LogP contribution >= 0.6 is 11.8 Å². The molecule has 4 aliphatic carbocycles. The number of amides is 1. The van der Waals surface area contributed by atoms with Crippen molar-refractivity contribution in [2.45, 2.75) is 118 Å². The fraction of sp³-hybridized carbons (Fsp3) is 0.561. The monoisotopic (exact) mass is 689 g/mol. The minimum Gasteiger partial charge on any atom is -0.423 e. The van der Waals surface area contributed by atoms with Crippen LogP contribution in [-0.4, -0.2) is 23.0 Å². The lowest BCUT2D eigenvalue weighted by molar-refractivity contribution is -0.145. The minimum atomic E-state index is -0.484. The highest BCUT2D eigenvalue weighted by Crippen LogP contribution is 2.74. The van der Waals surface area contributed by atoms with E-state index >= 15 is 0 Å². The van der Waals surface area contributed by atoms with E-state index in [1.807, 2.05) is 43.3 Å². The largest absolute Gasteiger partial charge is 0.423 e. The first-order valence-corrected chi connectivity index (χ1v) is 18.5. The third-order valence-corrected chi connectivity index (χ3v) is 13.8. The molecule has 0 heterocycles. The van der Waals surface area contributed by atoms with Crippen LogP contribution in [0.25, 0.3) is 0 Å². The Morgan fingerprint density at radius 3 is 2.14 bits per heavy atom. The van der Waals surface area contributed by atoms with Crippen molar-refractivity contribution < 1.29 is 30.1 Å². The van der Waals surface area contributed by atoms with Crippen LogP contribution in [0.4, 0.5) is 0 Å². The Kier molecular flexibility index (Phi) is 10.1. The van der Waals surface area contributed by atoms with Crippen molar-refractivity contribution in [1.29, 1.82) is 0 Å². The van der Waals surface area contributed by atoms with Crippen molar-refractivity contribution in [2.75, 3.05) is 0 Å². The summed E-state index contributed by atoms with van der Waals surface area (Å²) in [6.45, 7) is 18.4. The van der Waals surface area contributed by atoms with E-state index in [4.69, 9.17) is 9.47 Å². The molecule has 0 saturated heterocycles. The van der Waals surface area contributed by atoms with Gasteiger partial charge in [-0.3, -0.25) is 19.2 Å². The standard InChI is InChI=1S/C39H48O5S.C2H5NO.H2/c1-23-14-15-36(5)16-18-39(8)32-22-30(45-35(42)27-12-10-9-11-13-27)33-24(2)34(44-26(4)41)29(43-25(3)40)21-28(33)37(32,6)17-19-38(39,7)31(36)20-23;1-2(3)4;/h9-13,21-23,30-31H,14-20H2,1-8H3;1H3,(H2,3,4);1H/t23-,30?,31+,36+,37-,38-,39+;;/m0../s1. The molecule has 0 aliphatic heterocycles. The molecule has 2 aromatic rings. The van der Waals surface area contributed by atoms with E-state index in [1.54, 1.807) is 0 Å². The van der Waals surface area contributed by atoms with Crippen molar-refractivity contribution in [3.8, 4) is 11.5 Å². The molecule has 7 atom stereocenters. The zero-order chi connectivity index (χ0) is 36.1. The molecule has 7 nitrogen and oxygen atoms in total. The number of fused-ring (bicyclic) bond motifs is 7. The lowest BCUT2D eigenvalue weighted by Gasteiger charge is -2.69. The van der Waals surface area contributed by atoms with Gasteiger partial charge in [-0.05, 0) is 90.7 Å². The Hall–Kier alpha value is -3.39. The van der Waals surface area contributed by atoms with Crippen LogP contribution in [0, 0.1) is 35.0 Å². The molecule has 6 rings (SSSR count). The van der Waals surface area contributed by atoms with Crippen LogP contribution in [0.15, 0.2) is 48.0 Å². The highest BCUT2D eigenvalue weighted by atomic mass is 32.2. The number of hydrogen-bond donors (Lipinski definition) is 1. The molecule has 1 amide bonds. The first-order valence-electron chi connectivity index (χ1n) is 17.7. The molecule has 3 saturated carbocycles. The van der Waals surface area contributed by atoms with Gasteiger partial charge >= 0.3 is 11.9 Å². The number of thioether (sulfide) groups is 1. The molecule has 266 valence electrons. The number of esters is 2.